The van der Waals surface area contributed by atoms with Crippen LogP contribution in [-0.2, 0) is 17.6 Å². The van der Waals surface area contributed by atoms with Crippen LogP contribution in [0.25, 0.3) is 21.8 Å². The van der Waals surface area contributed by atoms with Crippen molar-refractivity contribution in [1.29, 1.82) is 0 Å². The Morgan fingerprint density at radius 1 is 1.00 bits per heavy atom. The second-order valence-electron chi connectivity index (χ2n) is 6.15. The van der Waals surface area contributed by atoms with E-state index in [0.29, 0.717) is 13.0 Å². The number of thiophene rings is 1. The van der Waals surface area contributed by atoms with Crippen LogP contribution in [0.4, 0.5) is 0 Å². The van der Waals surface area contributed by atoms with Crippen molar-refractivity contribution in [2.45, 2.75) is 19.3 Å². The molecule has 0 aliphatic rings. The van der Waals surface area contributed by atoms with Gasteiger partial charge < -0.3 is 5.32 Å². The van der Waals surface area contributed by atoms with Gasteiger partial charge in [0.1, 0.15) is 5.01 Å². The number of thiazole rings is 2. The second kappa shape index (κ2) is 9.18. The number of aryl methyl sites for hydroxylation is 1. The summed E-state index contributed by atoms with van der Waals surface area (Å²) in [5.74, 6) is 0.0128. The number of amides is 1. The molecule has 0 unspecified atom stereocenters. The Bertz CT molecular complexity index is 1020. The number of nitrogens with zero attached hydrogens (tertiary/aromatic N) is 3. The fraction of sp³-hybridized carbons (Fsp3) is 0.200. The average Bonchev–Trinajstić information content (AvgIpc) is 3.47. The molecule has 0 fully saturated rings. The Hall–Kier alpha value is -2.42. The molecule has 142 valence electrons. The van der Waals surface area contributed by atoms with E-state index in [4.69, 9.17) is 0 Å². The Balaban J connectivity index is 1.20. The molecular weight excluding hydrogens is 408 g/mol. The molecule has 28 heavy (non-hydrogen) atoms. The Kier molecular flexibility index (Phi) is 6.20. The predicted molar refractivity (Wildman–Crippen MR) is 116 cm³/mol. The molecule has 0 radical (unpaired) electrons. The van der Waals surface area contributed by atoms with Crippen LogP contribution in [0.1, 0.15) is 17.1 Å². The van der Waals surface area contributed by atoms with E-state index >= 15 is 0 Å². The molecule has 5 nitrogen and oxygen atoms in total. The van der Waals surface area contributed by atoms with Crippen LogP contribution < -0.4 is 5.32 Å². The van der Waals surface area contributed by atoms with Crippen LogP contribution in [0.5, 0.6) is 0 Å². The van der Waals surface area contributed by atoms with Crippen LogP contribution in [0.15, 0.2) is 52.1 Å². The fourth-order valence-electron chi connectivity index (χ4n) is 2.68. The third-order valence-corrected chi connectivity index (χ3v) is 6.61. The van der Waals surface area contributed by atoms with Crippen molar-refractivity contribution in [2.24, 2.45) is 0 Å². The number of hydrogen-bond donors (Lipinski definition) is 1. The minimum absolute atomic E-state index is 0.0128. The Morgan fingerprint density at radius 2 is 1.89 bits per heavy atom. The highest BCUT2D eigenvalue weighted by Crippen LogP contribution is 2.26. The predicted octanol–water partition coefficient (Wildman–Crippen LogP) is 4.68. The first-order valence-electron chi connectivity index (χ1n) is 8.86. The van der Waals surface area contributed by atoms with Crippen LogP contribution >= 0.6 is 34.0 Å². The van der Waals surface area contributed by atoms with E-state index in [0.717, 1.165) is 45.4 Å². The summed E-state index contributed by atoms with van der Waals surface area (Å²) in [5, 5.41) is 13.2. The third kappa shape index (κ3) is 4.89. The minimum Gasteiger partial charge on any atom is -0.356 e. The maximum atomic E-state index is 12.1. The monoisotopic (exact) mass is 426 g/mol. The van der Waals surface area contributed by atoms with Crippen LogP contribution in [0.3, 0.4) is 0 Å². The fourth-order valence-corrected chi connectivity index (χ4v) is 5.06. The summed E-state index contributed by atoms with van der Waals surface area (Å²) in [6.07, 6.45) is 5.59. The van der Waals surface area contributed by atoms with Crippen molar-refractivity contribution in [3.63, 3.8) is 0 Å². The highest BCUT2D eigenvalue weighted by Gasteiger charge is 2.09. The van der Waals surface area contributed by atoms with E-state index in [2.05, 4.69) is 31.0 Å². The number of aromatic nitrogens is 3. The van der Waals surface area contributed by atoms with Crippen LogP contribution in [0.2, 0.25) is 0 Å². The van der Waals surface area contributed by atoms with Gasteiger partial charge >= 0.3 is 0 Å². The lowest BCUT2D eigenvalue weighted by atomic mass is 10.2. The molecule has 1 N–H and O–H groups in total. The number of carbonyl (C=O) groups excluding carboxylic acids is 1. The van der Waals surface area contributed by atoms with Crippen molar-refractivity contribution in [3.05, 3.63) is 62.8 Å². The number of rotatable bonds is 8. The highest BCUT2D eigenvalue weighted by molar-refractivity contribution is 7.14. The summed E-state index contributed by atoms with van der Waals surface area (Å²) in [6.45, 7) is 0.643. The maximum Gasteiger partial charge on any atom is 0.226 e. The molecule has 1 amide bonds. The van der Waals surface area contributed by atoms with Gasteiger partial charge in [0.05, 0.1) is 22.8 Å². The molecule has 8 heteroatoms. The first-order valence-corrected chi connectivity index (χ1v) is 11.6. The first kappa shape index (κ1) is 18.9. The van der Waals surface area contributed by atoms with Gasteiger partial charge in [-0.3, -0.25) is 9.78 Å². The van der Waals surface area contributed by atoms with E-state index in [1.54, 1.807) is 46.4 Å². The molecule has 0 saturated carbocycles. The molecule has 4 heterocycles. The zero-order chi connectivity index (χ0) is 19.2. The van der Waals surface area contributed by atoms with Crippen molar-refractivity contribution in [2.75, 3.05) is 6.54 Å². The third-order valence-electron chi connectivity index (χ3n) is 4.08. The SMILES string of the molecule is O=C(Cc1csc(-c2ccsc2)n1)NCCCc1nc(-c2ccncc2)cs1. The molecule has 4 aromatic heterocycles. The van der Waals surface area contributed by atoms with E-state index in [1.165, 1.54) is 0 Å². The van der Waals surface area contributed by atoms with Crippen LogP contribution in [0, 0.1) is 0 Å². The molecule has 0 aliphatic heterocycles. The summed E-state index contributed by atoms with van der Waals surface area (Å²) in [7, 11) is 0. The molecule has 0 saturated heterocycles. The summed E-state index contributed by atoms with van der Waals surface area (Å²) in [4.78, 5) is 25.4. The smallest absolute Gasteiger partial charge is 0.226 e. The van der Waals surface area contributed by atoms with Crippen molar-refractivity contribution in [3.8, 4) is 21.8 Å². The Labute approximate surface area is 175 Å². The number of pyridine rings is 1. The summed E-state index contributed by atoms with van der Waals surface area (Å²) >= 11 is 4.89. The van der Waals surface area contributed by atoms with Crippen molar-refractivity contribution < 1.29 is 4.79 Å². The van der Waals surface area contributed by atoms with E-state index < -0.39 is 0 Å². The van der Waals surface area contributed by atoms with Crippen molar-refractivity contribution in [1.82, 2.24) is 20.3 Å². The lowest BCUT2D eigenvalue weighted by Crippen LogP contribution is -2.26. The normalized spacial score (nSPS) is 10.9. The standard InChI is InChI=1S/C20H18N4OS3/c25-18(10-16-12-28-20(23-16)15-5-9-26-11-15)22-6-1-2-19-24-17(13-27-19)14-3-7-21-8-4-14/h3-5,7-9,11-13H,1-2,6,10H2,(H,22,25). The lowest BCUT2D eigenvalue weighted by Gasteiger charge is -2.03. The Morgan fingerprint density at radius 3 is 2.71 bits per heavy atom. The lowest BCUT2D eigenvalue weighted by molar-refractivity contribution is -0.120. The van der Waals surface area contributed by atoms with E-state index in [9.17, 15) is 4.79 Å². The summed E-state index contributed by atoms with van der Waals surface area (Å²) in [6, 6.07) is 5.97. The van der Waals surface area contributed by atoms with Gasteiger partial charge in [0, 0.05) is 52.6 Å². The molecular formula is C20H18N4OS3. The first-order chi connectivity index (χ1) is 13.8. The molecule has 0 bridgehead atoms. The topological polar surface area (TPSA) is 67.8 Å². The number of nitrogens with one attached hydrogen (secondary N) is 1. The van der Waals surface area contributed by atoms with Gasteiger partial charge in [-0.25, -0.2) is 9.97 Å². The molecule has 0 spiro atoms. The average molecular weight is 427 g/mol. The van der Waals surface area contributed by atoms with Gasteiger partial charge in [0.15, 0.2) is 0 Å². The summed E-state index contributed by atoms with van der Waals surface area (Å²) in [5.41, 5.74) is 4.01. The summed E-state index contributed by atoms with van der Waals surface area (Å²) < 4.78 is 0. The number of carbonyl (C=O) groups is 1. The quantitative estimate of drug-likeness (QED) is 0.415. The maximum absolute atomic E-state index is 12.1. The molecule has 0 atom stereocenters. The zero-order valence-electron chi connectivity index (χ0n) is 15.0. The van der Waals surface area contributed by atoms with Crippen molar-refractivity contribution >= 4 is 39.9 Å². The molecule has 0 aromatic carbocycles. The van der Waals surface area contributed by atoms with Gasteiger partial charge in [-0.05, 0) is 30.0 Å². The molecule has 4 aromatic rings. The van der Waals surface area contributed by atoms with Crippen LogP contribution in [-0.4, -0.2) is 27.4 Å². The number of hydrogen-bond acceptors (Lipinski definition) is 7. The van der Waals surface area contributed by atoms with E-state index in [1.807, 2.05) is 29.0 Å². The van der Waals surface area contributed by atoms with Gasteiger partial charge in [-0.1, -0.05) is 0 Å². The molecule has 4 rings (SSSR count). The van der Waals surface area contributed by atoms with Gasteiger partial charge in [-0.2, -0.15) is 11.3 Å². The van der Waals surface area contributed by atoms with Gasteiger partial charge in [0.25, 0.3) is 0 Å². The largest absolute Gasteiger partial charge is 0.356 e. The van der Waals surface area contributed by atoms with E-state index in [-0.39, 0.29) is 5.91 Å². The molecule has 0 aliphatic carbocycles. The second-order valence-corrected chi connectivity index (χ2v) is 8.73. The van der Waals surface area contributed by atoms with Gasteiger partial charge in [0.2, 0.25) is 5.91 Å². The highest BCUT2D eigenvalue weighted by atomic mass is 32.1. The zero-order valence-corrected chi connectivity index (χ0v) is 17.4. The minimum atomic E-state index is 0.0128. The van der Waals surface area contributed by atoms with Gasteiger partial charge in [-0.15, -0.1) is 22.7 Å².